The van der Waals surface area contributed by atoms with Gasteiger partial charge in [-0.3, -0.25) is 0 Å². The molecule has 5 nitrogen and oxygen atoms in total. The summed E-state index contributed by atoms with van der Waals surface area (Å²) in [7, 11) is 0. The van der Waals surface area contributed by atoms with Crippen LogP contribution in [0.4, 0.5) is 51.2 Å². The molecule has 4 heterocycles. The van der Waals surface area contributed by atoms with Gasteiger partial charge in [0.15, 0.2) is 5.58 Å². The molecule has 0 atom stereocenters. The molecule has 0 fully saturated rings. The summed E-state index contributed by atoms with van der Waals surface area (Å²) in [5.41, 5.74) is 21.5. The number of furan rings is 1. The topological polar surface area (TPSA) is 27.8 Å². The number of aromatic nitrogens is 1. The lowest BCUT2D eigenvalue weighted by Crippen LogP contribution is -2.61. The summed E-state index contributed by atoms with van der Waals surface area (Å²) in [5, 5.41) is 12.1. The third kappa shape index (κ3) is 7.10. The third-order valence-corrected chi connectivity index (χ3v) is 18.4. The standard InChI is InChI=1S/C78H59BN4O/c1-77(2,3)51-33-37-54(38-34-51)81-66-25-16-26-67-75(66)79(63-47-69-61(46-71(63)82(67)55-39-35-52(36-40-55)78(4,5)6)57-21-10-12-24-64(57)80(69)53-19-8-7-9-20-53)62-43-41-56(45-70(62)81)83(68-27-15-23-59-58-22-11-13-28-72(58)84-76(59)68)65-44-32-50-30-29-48-17-14-18-49-31-42-60(65)74(50)73(48)49/h7-47H,1-6H3. The molecule has 13 aromatic carbocycles. The van der Waals surface area contributed by atoms with E-state index >= 15 is 0 Å². The lowest BCUT2D eigenvalue weighted by Gasteiger charge is -2.44. The van der Waals surface area contributed by atoms with Crippen LogP contribution in [0.1, 0.15) is 52.7 Å². The second-order valence-corrected chi connectivity index (χ2v) is 25.3. The Morgan fingerprint density at radius 1 is 0.369 bits per heavy atom. The van der Waals surface area contributed by atoms with Crippen molar-refractivity contribution in [1.29, 1.82) is 0 Å². The van der Waals surface area contributed by atoms with E-state index in [2.05, 4.69) is 310 Å². The Hall–Kier alpha value is -10.0. The van der Waals surface area contributed by atoms with Crippen molar-refractivity contribution in [2.24, 2.45) is 0 Å². The van der Waals surface area contributed by atoms with E-state index in [9.17, 15) is 0 Å². The average Bonchev–Trinajstić information content (AvgIpc) is 1.61. The fourth-order valence-corrected chi connectivity index (χ4v) is 14.4. The second kappa shape index (κ2) is 17.7. The van der Waals surface area contributed by atoms with Crippen molar-refractivity contribution in [3.63, 3.8) is 0 Å². The minimum Gasteiger partial charge on any atom is -0.454 e. The molecule has 6 heteroatoms. The zero-order chi connectivity index (χ0) is 56.3. The van der Waals surface area contributed by atoms with E-state index in [-0.39, 0.29) is 17.5 Å². The Morgan fingerprint density at radius 3 is 1.65 bits per heavy atom. The summed E-state index contributed by atoms with van der Waals surface area (Å²) in [6.07, 6.45) is 0. The van der Waals surface area contributed by atoms with E-state index in [1.54, 1.807) is 0 Å². The molecule has 17 rings (SSSR count). The number of anilines is 9. The zero-order valence-electron chi connectivity index (χ0n) is 47.9. The van der Waals surface area contributed by atoms with E-state index in [0.717, 1.165) is 67.4 Å². The highest BCUT2D eigenvalue weighted by Gasteiger charge is 2.44. The summed E-state index contributed by atoms with van der Waals surface area (Å²) in [6, 6.07) is 93.3. The first-order chi connectivity index (χ1) is 40.9. The molecule has 2 aromatic heterocycles. The van der Waals surface area contributed by atoms with Gasteiger partial charge in [0, 0.05) is 72.4 Å². The van der Waals surface area contributed by atoms with Gasteiger partial charge in [0.2, 0.25) is 0 Å². The first-order valence-electron chi connectivity index (χ1n) is 29.5. The maximum absolute atomic E-state index is 7.02. The Balaban J connectivity index is 0.971. The Bertz CT molecular complexity index is 5160. The highest BCUT2D eigenvalue weighted by atomic mass is 16.3. The van der Waals surface area contributed by atoms with Gasteiger partial charge in [-0.15, -0.1) is 0 Å². The van der Waals surface area contributed by atoms with Gasteiger partial charge in [-0.1, -0.05) is 193 Å². The SMILES string of the molecule is CC(C)(C)c1ccc(N2c3cc(N(c4ccc5ccc6cccc7ccc4c5c67)c4cccc5c4oc4ccccc45)ccc3B3c4cc5c(cc4N(c4ccc(C(C)(C)C)cc4)c4cccc2c43)c2ccccc2n5-c2ccccc2)cc1. The molecule has 0 radical (unpaired) electrons. The van der Waals surface area contributed by atoms with Crippen molar-refractivity contribution < 1.29 is 4.42 Å². The van der Waals surface area contributed by atoms with Crippen molar-refractivity contribution in [3.05, 3.63) is 260 Å². The van der Waals surface area contributed by atoms with Crippen molar-refractivity contribution in [1.82, 2.24) is 4.57 Å². The molecule has 400 valence electrons. The van der Waals surface area contributed by atoms with Crippen molar-refractivity contribution in [3.8, 4) is 5.69 Å². The largest absolute Gasteiger partial charge is 0.454 e. The zero-order valence-corrected chi connectivity index (χ0v) is 47.9. The lowest BCUT2D eigenvalue weighted by molar-refractivity contribution is 0.590. The van der Waals surface area contributed by atoms with Crippen LogP contribution in [-0.2, 0) is 10.8 Å². The minimum atomic E-state index is -0.140. The van der Waals surface area contributed by atoms with E-state index in [4.69, 9.17) is 4.42 Å². The predicted molar refractivity (Wildman–Crippen MR) is 358 cm³/mol. The molecule has 2 aliphatic rings. The van der Waals surface area contributed by atoms with Crippen LogP contribution in [0.2, 0.25) is 0 Å². The lowest BCUT2D eigenvalue weighted by atomic mass is 9.33. The number of hydrogen-bond donors (Lipinski definition) is 0. The summed E-state index contributed by atoms with van der Waals surface area (Å²) in [4.78, 5) is 7.58. The summed E-state index contributed by atoms with van der Waals surface area (Å²) in [5.74, 6) is 0. The molecule has 84 heavy (non-hydrogen) atoms. The summed E-state index contributed by atoms with van der Waals surface area (Å²) < 4.78 is 9.49. The molecule has 0 aliphatic carbocycles. The average molecular weight is 1080 g/mol. The third-order valence-electron chi connectivity index (χ3n) is 18.4. The Morgan fingerprint density at radius 2 is 0.952 bits per heavy atom. The fraction of sp³-hybridized carbons (Fsp3) is 0.103. The number of fused-ring (bicyclic) bond motifs is 10. The minimum absolute atomic E-state index is 0.000501. The van der Waals surface area contributed by atoms with Crippen molar-refractivity contribution in [2.45, 2.75) is 52.4 Å². The van der Waals surface area contributed by atoms with E-state index in [0.29, 0.717) is 0 Å². The van der Waals surface area contributed by atoms with Gasteiger partial charge in [-0.25, -0.2) is 0 Å². The molecular formula is C78H59BN4O. The Labute approximate surface area is 489 Å². The maximum Gasteiger partial charge on any atom is 0.252 e. The van der Waals surface area contributed by atoms with E-state index in [1.165, 1.54) is 93.0 Å². The summed E-state index contributed by atoms with van der Waals surface area (Å²) >= 11 is 0. The van der Waals surface area contributed by atoms with Gasteiger partial charge in [0.1, 0.15) is 5.58 Å². The van der Waals surface area contributed by atoms with Crippen LogP contribution in [0.5, 0.6) is 0 Å². The van der Waals surface area contributed by atoms with Gasteiger partial charge in [0.05, 0.1) is 22.4 Å². The van der Waals surface area contributed by atoms with Crippen LogP contribution in [0.15, 0.2) is 253 Å². The molecule has 15 aromatic rings. The highest BCUT2D eigenvalue weighted by molar-refractivity contribution is 7.00. The Kier molecular flexibility index (Phi) is 10.3. The number of para-hydroxylation sites is 4. The smallest absolute Gasteiger partial charge is 0.252 e. The van der Waals surface area contributed by atoms with Crippen LogP contribution < -0.4 is 31.1 Å². The van der Waals surface area contributed by atoms with Gasteiger partial charge < -0.3 is 23.7 Å². The fourth-order valence-electron chi connectivity index (χ4n) is 14.4. The molecule has 0 saturated carbocycles. The molecular weight excluding hydrogens is 1020 g/mol. The highest BCUT2D eigenvalue weighted by Crippen LogP contribution is 2.51. The summed E-state index contributed by atoms with van der Waals surface area (Å²) in [6.45, 7) is 13.6. The predicted octanol–water partition coefficient (Wildman–Crippen LogP) is 19.7. The van der Waals surface area contributed by atoms with Gasteiger partial charge in [0.25, 0.3) is 6.71 Å². The normalized spacial score (nSPS) is 13.3. The van der Waals surface area contributed by atoms with Crippen molar-refractivity contribution in [2.75, 3.05) is 14.7 Å². The maximum atomic E-state index is 7.02. The van der Waals surface area contributed by atoms with Gasteiger partial charge in [-0.05, 0) is 162 Å². The molecule has 2 aliphatic heterocycles. The van der Waals surface area contributed by atoms with E-state index < -0.39 is 0 Å². The van der Waals surface area contributed by atoms with Crippen LogP contribution >= 0.6 is 0 Å². The van der Waals surface area contributed by atoms with Gasteiger partial charge >= 0.3 is 0 Å². The molecule has 0 unspecified atom stereocenters. The second-order valence-electron chi connectivity index (χ2n) is 25.3. The monoisotopic (exact) mass is 1080 g/mol. The quantitative estimate of drug-likeness (QED) is 0.123. The molecule has 0 bridgehead atoms. The first-order valence-corrected chi connectivity index (χ1v) is 29.5. The van der Waals surface area contributed by atoms with Gasteiger partial charge in [-0.2, -0.15) is 0 Å². The number of nitrogens with zero attached hydrogens (tertiary/aromatic N) is 4. The number of rotatable bonds is 6. The molecule has 0 saturated heterocycles. The van der Waals surface area contributed by atoms with Crippen LogP contribution in [0.25, 0.3) is 81.7 Å². The van der Waals surface area contributed by atoms with Crippen molar-refractivity contribution >= 4 is 150 Å². The van der Waals surface area contributed by atoms with Crippen LogP contribution in [-0.4, -0.2) is 11.3 Å². The van der Waals surface area contributed by atoms with Crippen LogP contribution in [0, 0.1) is 0 Å². The molecule has 0 N–H and O–H groups in total. The number of hydrogen-bond acceptors (Lipinski definition) is 4. The van der Waals surface area contributed by atoms with E-state index in [1.807, 2.05) is 0 Å². The molecule has 0 spiro atoms. The first kappa shape index (κ1) is 48.7. The molecule has 0 amide bonds. The number of benzene rings is 13. The van der Waals surface area contributed by atoms with Crippen LogP contribution in [0.3, 0.4) is 0 Å².